The third-order valence-electron chi connectivity index (χ3n) is 3.30. The quantitative estimate of drug-likeness (QED) is 0.801. The Bertz CT molecular complexity index is 591. The van der Waals surface area contributed by atoms with Crippen LogP contribution in [0.4, 0.5) is 4.79 Å². The summed E-state index contributed by atoms with van der Waals surface area (Å²) in [5, 5.41) is 0. The van der Waals surface area contributed by atoms with Crippen molar-refractivity contribution in [3.8, 4) is 0 Å². The third-order valence-corrected chi connectivity index (χ3v) is 3.30. The van der Waals surface area contributed by atoms with Crippen LogP contribution in [-0.4, -0.2) is 34.5 Å². The zero-order valence-corrected chi connectivity index (χ0v) is 13.6. The summed E-state index contributed by atoms with van der Waals surface area (Å²) < 4.78 is 10.4. The van der Waals surface area contributed by atoms with Crippen molar-refractivity contribution in [2.24, 2.45) is 0 Å². The van der Waals surface area contributed by atoms with Crippen LogP contribution in [-0.2, 0) is 25.7 Å². The number of likely N-dealkylation sites (tertiary alicyclic amines) is 1. The van der Waals surface area contributed by atoms with Gasteiger partial charge in [0.1, 0.15) is 18.2 Å². The van der Waals surface area contributed by atoms with Gasteiger partial charge in [-0.25, -0.2) is 14.5 Å². The van der Waals surface area contributed by atoms with E-state index in [1.165, 1.54) is 0 Å². The average Bonchev–Trinajstić information content (AvgIpc) is 2.86. The standard InChI is InChI=1S/C17H21NO5/c1-17(2,3)23-16(21)18-13(9-10-14(18)19)15(20)22-11-12-7-5-4-6-8-12/h4-8,13H,9-11H2,1-3H3/t13-/m1/s1. The van der Waals surface area contributed by atoms with E-state index >= 15 is 0 Å². The summed E-state index contributed by atoms with van der Waals surface area (Å²) in [6.07, 6.45) is -0.419. The van der Waals surface area contributed by atoms with Gasteiger partial charge >= 0.3 is 12.1 Å². The second-order valence-electron chi connectivity index (χ2n) is 6.39. The van der Waals surface area contributed by atoms with E-state index < -0.39 is 29.6 Å². The normalized spacial score (nSPS) is 18.0. The smallest absolute Gasteiger partial charge is 0.417 e. The molecule has 1 aromatic carbocycles. The molecule has 1 aromatic rings. The monoisotopic (exact) mass is 319 g/mol. The van der Waals surface area contributed by atoms with Gasteiger partial charge in [-0.1, -0.05) is 30.3 Å². The molecule has 124 valence electrons. The van der Waals surface area contributed by atoms with Crippen LogP contribution in [0.15, 0.2) is 30.3 Å². The van der Waals surface area contributed by atoms with Crippen molar-refractivity contribution in [2.75, 3.05) is 0 Å². The fraction of sp³-hybridized carbons (Fsp3) is 0.471. The minimum absolute atomic E-state index is 0.104. The molecule has 0 unspecified atom stereocenters. The lowest BCUT2D eigenvalue weighted by atomic mass is 10.2. The van der Waals surface area contributed by atoms with Crippen molar-refractivity contribution < 1.29 is 23.9 Å². The van der Waals surface area contributed by atoms with Gasteiger partial charge in [-0.2, -0.15) is 0 Å². The van der Waals surface area contributed by atoms with Crippen LogP contribution in [0.25, 0.3) is 0 Å². The van der Waals surface area contributed by atoms with Crippen molar-refractivity contribution >= 4 is 18.0 Å². The number of benzene rings is 1. The van der Waals surface area contributed by atoms with Gasteiger partial charge in [-0.15, -0.1) is 0 Å². The summed E-state index contributed by atoms with van der Waals surface area (Å²) in [5.74, 6) is -1.01. The molecule has 1 heterocycles. The molecular weight excluding hydrogens is 298 g/mol. The summed E-state index contributed by atoms with van der Waals surface area (Å²) >= 11 is 0. The molecule has 0 aliphatic carbocycles. The Balaban J connectivity index is 2.00. The van der Waals surface area contributed by atoms with E-state index in [1.807, 2.05) is 30.3 Å². The van der Waals surface area contributed by atoms with E-state index in [0.29, 0.717) is 0 Å². The van der Waals surface area contributed by atoms with Gasteiger partial charge in [0.25, 0.3) is 0 Å². The van der Waals surface area contributed by atoms with Crippen molar-refractivity contribution in [2.45, 2.75) is 51.9 Å². The summed E-state index contributed by atoms with van der Waals surface area (Å²) in [6.45, 7) is 5.21. The minimum atomic E-state index is -0.916. The number of carbonyl (C=O) groups excluding carboxylic acids is 3. The number of esters is 1. The van der Waals surface area contributed by atoms with Crippen LogP contribution in [0, 0.1) is 0 Å². The second kappa shape index (κ2) is 6.81. The van der Waals surface area contributed by atoms with E-state index in [4.69, 9.17) is 9.47 Å². The number of hydrogen-bond donors (Lipinski definition) is 0. The number of imide groups is 1. The highest BCUT2D eigenvalue weighted by Crippen LogP contribution is 2.23. The highest BCUT2D eigenvalue weighted by molar-refractivity contribution is 5.99. The summed E-state index contributed by atoms with van der Waals surface area (Å²) in [6, 6.07) is 8.30. The van der Waals surface area contributed by atoms with Gasteiger partial charge in [-0.05, 0) is 32.8 Å². The molecule has 1 saturated heterocycles. The van der Waals surface area contributed by atoms with E-state index in [1.54, 1.807) is 20.8 Å². The van der Waals surface area contributed by atoms with Gasteiger partial charge in [-0.3, -0.25) is 4.79 Å². The van der Waals surface area contributed by atoms with Crippen LogP contribution in [0.3, 0.4) is 0 Å². The molecule has 0 saturated carbocycles. The summed E-state index contributed by atoms with van der Waals surface area (Å²) in [7, 11) is 0. The first-order valence-electron chi connectivity index (χ1n) is 7.53. The van der Waals surface area contributed by atoms with E-state index in [2.05, 4.69) is 0 Å². The molecular formula is C17H21NO5. The fourth-order valence-corrected chi connectivity index (χ4v) is 2.27. The van der Waals surface area contributed by atoms with Crippen LogP contribution in [0.2, 0.25) is 0 Å². The molecule has 0 radical (unpaired) electrons. The van der Waals surface area contributed by atoms with Gasteiger partial charge in [0.15, 0.2) is 0 Å². The number of amides is 2. The first-order chi connectivity index (χ1) is 10.8. The Morgan fingerprint density at radius 3 is 2.48 bits per heavy atom. The number of nitrogens with zero attached hydrogens (tertiary/aromatic N) is 1. The number of carbonyl (C=O) groups is 3. The first kappa shape index (κ1) is 17.0. The SMILES string of the molecule is CC(C)(C)OC(=O)N1C(=O)CC[C@@H]1C(=O)OCc1ccccc1. The van der Waals surface area contributed by atoms with Crippen LogP contribution < -0.4 is 0 Å². The topological polar surface area (TPSA) is 72.9 Å². The maximum atomic E-state index is 12.2. The molecule has 2 rings (SSSR count). The van der Waals surface area contributed by atoms with Crippen LogP contribution in [0.5, 0.6) is 0 Å². The van der Waals surface area contributed by atoms with Gasteiger partial charge in [0.05, 0.1) is 0 Å². The number of hydrogen-bond acceptors (Lipinski definition) is 5. The molecule has 1 fully saturated rings. The Morgan fingerprint density at radius 2 is 1.87 bits per heavy atom. The molecule has 1 aliphatic rings. The molecule has 23 heavy (non-hydrogen) atoms. The molecule has 0 bridgehead atoms. The Hall–Kier alpha value is -2.37. The Morgan fingerprint density at radius 1 is 1.22 bits per heavy atom. The highest BCUT2D eigenvalue weighted by atomic mass is 16.6. The molecule has 0 aromatic heterocycles. The van der Waals surface area contributed by atoms with E-state index in [9.17, 15) is 14.4 Å². The predicted molar refractivity (Wildman–Crippen MR) is 82.3 cm³/mol. The average molecular weight is 319 g/mol. The number of rotatable bonds is 3. The van der Waals surface area contributed by atoms with Gasteiger partial charge in [0, 0.05) is 6.42 Å². The lowest BCUT2D eigenvalue weighted by Gasteiger charge is -2.26. The molecule has 0 spiro atoms. The van der Waals surface area contributed by atoms with E-state index in [0.717, 1.165) is 10.5 Å². The van der Waals surface area contributed by atoms with Crippen LogP contribution >= 0.6 is 0 Å². The Labute approximate surface area is 135 Å². The van der Waals surface area contributed by atoms with Gasteiger partial charge < -0.3 is 9.47 Å². The summed E-state index contributed by atoms with van der Waals surface area (Å²) in [4.78, 5) is 37.1. The highest BCUT2D eigenvalue weighted by Gasteiger charge is 2.43. The maximum Gasteiger partial charge on any atom is 0.417 e. The van der Waals surface area contributed by atoms with Crippen molar-refractivity contribution in [1.29, 1.82) is 0 Å². The Kier molecular flexibility index (Phi) is 5.03. The molecule has 6 heteroatoms. The first-order valence-corrected chi connectivity index (χ1v) is 7.53. The summed E-state index contributed by atoms with van der Waals surface area (Å²) in [5.41, 5.74) is 0.104. The zero-order chi connectivity index (χ0) is 17.0. The number of ether oxygens (including phenoxy) is 2. The van der Waals surface area contributed by atoms with Crippen molar-refractivity contribution in [1.82, 2.24) is 4.90 Å². The minimum Gasteiger partial charge on any atom is -0.459 e. The molecule has 0 N–H and O–H groups in total. The third kappa shape index (κ3) is 4.55. The van der Waals surface area contributed by atoms with Gasteiger partial charge in [0.2, 0.25) is 5.91 Å². The maximum absolute atomic E-state index is 12.2. The molecule has 1 atom stereocenters. The molecule has 1 aliphatic heterocycles. The lowest BCUT2D eigenvalue weighted by Crippen LogP contribution is -2.46. The molecule has 2 amide bonds. The van der Waals surface area contributed by atoms with E-state index in [-0.39, 0.29) is 19.4 Å². The lowest BCUT2D eigenvalue weighted by molar-refractivity contribution is -0.152. The zero-order valence-electron chi connectivity index (χ0n) is 13.6. The molecule has 6 nitrogen and oxygen atoms in total. The van der Waals surface area contributed by atoms with Crippen molar-refractivity contribution in [3.05, 3.63) is 35.9 Å². The predicted octanol–water partition coefficient (Wildman–Crippen LogP) is 2.66. The fourth-order valence-electron chi connectivity index (χ4n) is 2.27. The largest absolute Gasteiger partial charge is 0.459 e. The van der Waals surface area contributed by atoms with Crippen LogP contribution in [0.1, 0.15) is 39.2 Å². The van der Waals surface area contributed by atoms with Crippen molar-refractivity contribution in [3.63, 3.8) is 0 Å². The second-order valence-corrected chi connectivity index (χ2v) is 6.39.